The summed E-state index contributed by atoms with van der Waals surface area (Å²) in [5.41, 5.74) is 2.61. The third-order valence-electron chi connectivity index (χ3n) is 4.03. The predicted octanol–water partition coefficient (Wildman–Crippen LogP) is 2.79. The Morgan fingerprint density at radius 2 is 2.10 bits per heavy atom. The first kappa shape index (κ1) is 15.0. The first-order valence-corrected chi connectivity index (χ1v) is 7.81. The van der Waals surface area contributed by atoms with Crippen molar-refractivity contribution in [2.24, 2.45) is 0 Å². The molecular weight excluding hydrogens is 248 g/mol. The maximum atomic E-state index is 12.3. The van der Waals surface area contributed by atoms with Crippen LogP contribution in [0.3, 0.4) is 0 Å². The molecule has 1 unspecified atom stereocenters. The smallest absolute Gasteiger partial charge is 0.237 e. The van der Waals surface area contributed by atoms with Crippen molar-refractivity contribution < 1.29 is 4.79 Å². The average Bonchev–Trinajstić information content (AvgIpc) is 2.47. The first-order chi connectivity index (χ1) is 9.70. The first-order valence-electron chi connectivity index (χ1n) is 7.81. The van der Waals surface area contributed by atoms with E-state index in [2.05, 4.69) is 42.7 Å². The largest absolute Gasteiger partial charge is 0.352 e. The molecule has 0 aromatic heterocycles. The maximum Gasteiger partial charge on any atom is 0.237 e. The minimum atomic E-state index is -0.0847. The second-order valence-corrected chi connectivity index (χ2v) is 5.81. The van der Waals surface area contributed by atoms with E-state index in [9.17, 15) is 4.79 Å². The van der Waals surface area contributed by atoms with Crippen molar-refractivity contribution in [3.63, 3.8) is 0 Å². The van der Waals surface area contributed by atoms with E-state index in [1.807, 2.05) is 6.07 Å². The van der Waals surface area contributed by atoms with Gasteiger partial charge in [0.15, 0.2) is 0 Å². The molecule has 0 fully saturated rings. The molecule has 110 valence electrons. The summed E-state index contributed by atoms with van der Waals surface area (Å²) in [7, 11) is 0. The second-order valence-electron chi connectivity index (χ2n) is 5.81. The lowest BCUT2D eigenvalue weighted by atomic mass is 9.95. The molecule has 1 aliphatic rings. The van der Waals surface area contributed by atoms with E-state index in [1.165, 1.54) is 30.4 Å². The molecule has 3 heteroatoms. The van der Waals surface area contributed by atoms with Gasteiger partial charge in [-0.3, -0.25) is 4.79 Å². The van der Waals surface area contributed by atoms with Crippen LogP contribution in [0, 0.1) is 0 Å². The predicted molar refractivity (Wildman–Crippen MR) is 82.5 cm³/mol. The molecule has 0 spiro atoms. The molecule has 1 amide bonds. The van der Waals surface area contributed by atoms with E-state index in [0.29, 0.717) is 0 Å². The van der Waals surface area contributed by atoms with Gasteiger partial charge in [0.1, 0.15) is 0 Å². The third-order valence-corrected chi connectivity index (χ3v) is 4.03. The summed E-state index contributed by atoms with van der Waals surface area (Å²) >= 11 is 0. The van der Waals surface area contributed by atoms with Crippen LogP contribution in [0.15, 0.2) is 24.3 Å². The molecule has 1 aromatic carbocycles. The third kappa shape index (κ3) is 4.07. The summed E-state index contributed by atoms with van der Waals surface area (Å²) in [6, 6.07) is 8.54. The minimum Gasteiger partial charge on any atom is -0.352 e. The summed E-state index contributed by atoms with van der Waals surface area (Å²) in [5.74, 6) is 0.142. The van der Waals surface area contributed by atoms with E-state index in [1.54, 1.807) is 0 Å². The van der Waals surface area contributed by atoms with E-state index in [0.717, 1.165) is 19.4 Å². The Bertz CT molecular complexity index is 444. The Kier molecular flexibility index (Phi) is 5.60. The Balaban J connectivity index is 1.82. The second kappa shape index (κ2) is 7.44. The van der Waals surface area contributed by atoms with Crippen LogP contribution in [-0.2, 0) is 17.8 Å². The van der Waals surface area contributed by atoms with Crippen molar-refractivity contribution in [3.8, 4) is 0 Å². The Morgan fingerprint density at radius 3 is 2.85 bits per heavy atom. The molecule has 0 saturated carbocycles. The number of carbonyl (C=O) groups excluding carboxylic acids is 1. The van der Waals surface area contributed by atoms with Crippen molar-refractivity contribution in [2.75, 3.05) is 0 Å². The molecule has 3 nitrogen and oxygen atoms in total. The van der Waals surface area contributed by atoms with Crippen LogP contribution in [0.5, 0.6) is 0 Å². The van der Waals surface area contributed by atoms with Gasteiger partial charge in [0, 0.05) is 12.6 Å². The van der Waals surface area contributed by atoms with Crippen LogP contribution >= 0.6 is 0 Å². The number of amides is 1. The van der Waals surface area contributed by atoms with Gasteiger partial charge in [0.25, 0.3) is 0 Å². The highest BCUT2D eigenvalue weighted by molar-refractivity contribution is 5.82. The number of rotatable bonds is 6. The standard InChI is InChI=1S/C17H26N2O/c1-3-4-5-8-13(2)19-17(20)16-11-14-9-6-7-10-15(14)12-18-16/h6-7,9-10,13,16,18H,3-5,8,11-12H2,1-2H3,(H,19,20)/t13?,16-/m1/s1. The molecule has 2 N–H and O–H groups in total. The van der Waals surface area contributed by atoms with Crippen molar-refractivity contribution >= 4 is 5.91 Å². The molecule has 0 radical (unpaired) electrons. The van der Waals surface area contributed by atoms with Crippen molar-refractivity contribution in [3.05, 3.63) is 35.4 Å². The molecule has 20 heavy (non-hydrogen) atoms. The quantitative estimate of drug-likeness (QED) is 0.783. The number of carbonyl (C=O) groups is 1. The summed E-state index contributed by atoms with van der Waals surface area (Å²) in [6.07, 6.45) is 5.53. The van der Waals surface area contributed by atoms with E-state index in [4.69, 9.17) is 0 Å². The highest BCUT2D eigenvalue weighted by atomic mass is 16.2. The van der Waals surface area contributed by atoms with Crippen LogP contribution < -0.4 is 10.6 Å². The normalized spacial score (nSPS) is 19.2. The Morgan fingerprint density at radius 1 is 1.35 bits per heavy atom. The van der Waals surface area contributed by atoms with Gasteiger partial charge in [0.05, 0.1) is 6.04 Å². The molecule has 0 saturated heterocycles. The fourth-order valence-corrected chi connectivity index (χ4v) is 2.76. The highest BCUT2D eigenvalue weighted by Crippen LogP contribution is 2.16. The SMILES string of the molecule is CCCCCC(C)NC(=O)[C@H]1Cc2ccccc2CN1. The lowest BCUT2D eigenvalue weighted by molar-refractivity contribution is -0.124. The van der Waals surface area contributed by atoms with E-state index >= 15 is 0 Å². The summed E-state index contributed by atoms with van der Waals surface area (Å²) in [4.78, 5) is 12.3. The van der Waals surface area contributed by atoms with E-state index < -0.39 is 0 Å². The van der Waals surface area contributed by atoms with Crippen molar-refractivity contribution in [1.82, 2.24) is 10.6 Å². The molecule has 0 bridgehead atoms. The molecule has 0 aliphatic carbocycles. The van der Waals surface area contributed by atoms with Gasteiger partial charge < -0.3 is 10.6 Å². The lowest BCUT2D eigenvalue weighted by Gasteiger charge is -2.26. The fourth-order valence-electron chi connectivity index (χ4n) is 2.76. The van der Waals surface area contributed by atoms with Crippen LogP contribution in [-0.4, -0.2) is 18.0 Å². The zero-order valence-electron chi connectivity index (χ0n) is 12.6. The van der Waals surface area contributed by atoms with Gasteiger partial charge in [-0.15, -0.1) is 0 Å². The van der Waals surface area contributed by atoms with E-state index in [-0.39, 0.29) is 18.0 Å². The molecule has 1 aromatic rings. The molecule has 1 aliphatic heterocycles. The van der Waals surface area contributed by atoms with Gasteiger partial charge in [0.2, 0.25) is 5.91 Å². The van der Waals surface area contributed by atoms with Gasteiger partial charge in [-0.2, -0.15) is 0 Å². The fraction of sp³-hybridized carbons (Fsp3) is 0.588. The number of benzene rings is 1. The number of unbranched alkanes of at least 4 members (excludes halogenated alkanes) is 2. The lowest BCUT2D eigenvalue weighted by Crippen LogP contribution is -2.49. The number of hydrogen-bond donors (Lipinski definition) is 2. The monoisotopic (exact) mass is 274 g/mol. The molecule has 2 atom stereocenters. The number of hydrogen-bond acceptors (Lipinski definition) is 2. The number of fused-ring (bicyclic) bond motifs is 1. The van der Waals surface area contributed by atoms with Crippen LogP contribution in [0.1, 0.15) is 50.7 Å². The zero-order valence-corrected chi connectivity index (χ0v) is 12.6. The van der Waals surface area contributed by atoms with Gasteiger partial charge in [-0.05, 0) is 30.9 Å². The van der Waals surface area contributed by atoms with Gasteiger partial charge in [-0.1, -0.05) is 50.5 Å². The van der Waals surface area contributed by atoms with Crippen LogP contribution in [0.2, 0.25) is 0 Å². The van der Waals surface area contributed by atoms with Gasteiger partial charge >= 0.3 is 0 Å². The molecular formula is C17H26N2O. The summed E-state index contributed by atoms with van der Waals surface area (Å²) in [6.45, 7) is 5.09. The highest BCUT2D eigenvalue weighted by Gasteiger charge is 2.24. The molecule has 2 rings (SSSR count). The number of nitrogens with one attached hydrogen (secondary N) is 2. The Labute approximate surface area is 122 Å². The summed E-state index contributed by atoms with van der Waals surface area (Å²) < 4.78 is 0. The maximum absolute atomic E-state index is 12.3. The van der Waals surface area contributed by atoms with Crippen molar-refractivity contribution in [1.29, 1.82) is 0 Å². The van der Waals surface area contributed by atoms with Crippen molar-refractivity contribution in [2.45, 2.75) is 64.6 Å². The Hall–Kier alpha value is -1.35. The minimum absolute atomic E-state index is 0.0847. The topological polar surface area (TPSA) is 41.1 Å². The summed E-state index contributed by atoms with van der Waals surface area (Å²) in [5, 5.41) is 6.47. The van der Waals surface area contributed by atoms with Crippen LogP contribution in [0.4, 0.5) is 0 Å². The van der Waals surface area contributed by atoms with Gasteiger partial charge in [-0.25, -0.2) is 0 Å². The zero-order chi connectivity index (χ0) is 14.4. The van der Waals surface area contributed by atoms with Crippen LogP contribution in [0.25, 0.3) is 0 Å². The average molecular weight is 274 g/mol. The molecule has 1 heterocycles.